The average molecular weight is 366 g/mol. The fraction of sp³-hybridized carbons (Fsp3) is 0. The Balaban J connectivity index is 2.41. The lowest BCUT2D eigenvalue weighted by molar-refractivity contribution is -0.384. The van der Waals surface area contributed by atoms with Gasteiger partial charge in [-0.05, 0) is 24.3 Å². The molecule has 0 bridgehead atoms. The normalized spacial score (nSPS) is 11.2. The summed E-state index contributed by atoms with van der Waals surface area (Å²) in [6, 6.07) is 5.70. The molecule has 0 N–H and O–H groups in total. The zero-order valence-electron chi connectivity index (χ0n) is 10.5. The lowest BCUT2D eigenvalue weighted by Crippen LogP contribution is -2.11. The van der Waals surface area contributed by atoms with Gasteiger partial charge in [-0.25, -0.2) is 4.39 Å². The van der Waals surface area contributed by atoms with Crippen molar-refractivity contribution in [2.45, 2.75) is 4.90 Å². The summed E-state index contributed by atoms with van der Waals surface area (Å²) < 4.78 is 42.1. The Morgan fingerprint density at radius 3 is 2.36 bits per heavy atom. The van der Waals surface area contributed by atoms with E-state index in [1.165, 1.54) is 0 Å². The number of hydrogen-bond donors (Lipinski definition) is 0. The van der Waals surface area contributed by atoms with Crippen LogP contribution in [0.15, 0.2) is 41.3 Å². The van der Waals surface area contributed by atoms with Gasteiger partial charge in [-0.1, -0.05) is 23.2 Å². The number of halogens is 3. The zero-order chi connectivity index (χ0) is 16.5. The summed E-state index contributed by atoms with van der Waals surface area (Å²) in [7, 11) is -4.45. The lowest BCUT2D eigenvalue weighted by atomic mass is 10.3. The van der Waals surface area contributed by atoms with Crippen LogP contribution in [0.3, 0.4) is 0 Å². The first-order chi connectivity index (χ1) is 10.2. The van der Waals surface area contributed by atoms with Crippen molar-refractivity contribution in [1.82, 2.24) is 0 Å². The van der Waals surface area contributed by atoms with Crippen molar-refractivity contribution < 1.29 is 21.9 Å². The van der Waals surface area contributed by atoms with Crippen molar-refractivity contribution in [3.63, 3.8) is 0 Å². The maximum Gasteiger partial charge on any atom is 0.340 e. The van der Waals surface area contributed by atoms with Gasteiger partial charge in [-0.2, -0.15) is 8.42 Å². The van der Waals surface area contributed by atoms with Crippen LogP contribution in [0.25, 0.3) is 0 Å². The number of nitro benzene ring substituents is 1. The third kappa shape index (κ3) is 3.46. The van der Waals surface area contributed by atoms with Gasteiger partial charge < -0.3 is 4.18 Å². The van der Waals surface area contributed by atoms with E-state index in [0.717, 1.165) is 30.3 Å². The second-order valence-electron chi connectivity index (χ2n) is 3.98. The van der Waals surface area contributed by atoms with Gasteiger partial charge in [0.2, 0.25) is 0 Å². The predicted molar refractivity (Wildman–Crippen MR) is 77.3 cm³/mol. The molecule has 0 radical (unpaired) electrons. The van der Waals surface area contributed by atoms with Gasteiger partial charge >= 0.3 is 10.1 Å². The number of nitrogens with zero attached hydrogens (tertiary/aromatic N) is 1. The molecule has 2 rings (SSSR count). The Kier molecular flexibility index (Phi) is 4.55. The number of hydrogen-bond acceptors (Lipinski definition) is 5. The molecule has 0 aromatic heterocycles. The Labute approximate surface area is 134 Å². The van der Waals surface area contributed by atoms with Crippen molar-refractivity contribution in [2.75, 3.05) is 0 Å². The molecule has 0 unspecified atom stereocenters. The summed E-state index contributed by atoms with van der Waals surface area (Å²) in [5, 5.41) is 10.1. The molecule has 10 heteroatoms. The highest BCUT2D eigenvalue weighted by Gasteiger charge is 2.23. The van der Waals surface area contributed by atoms with Crippen molar-refractivity contribution in [3.05, 3.63) is 62.4 Å². The molecular weight excluding hydrogens is 360 g/mol. The molecule has 0 atom stereocenters. The van der Waals surface area contributed by atoms with Crippen LogP contribution in [-0.2, 0) is 10.1 Å². The van der Waals surface area contributed by atoms with Crippen molar-refractivity contribution in [1.29, 1.82) is 0 Å². The minimum atomic E-state index is -4.45. The first-order valence-electron chi connectivity index (χ1n) is 5.54. The lowest BCUT2D eigenvalue weighted by Gasteiger charge is -2.09. The van der Waals surface area contributed by atoms with E-state index in [1.54, 1.807) is 0 Å². The van der Waals surface area contributed by atoms with Crippen LogP contribution < -0.4 is 4.18 Å². The van der Waals surface area contributed by atoms with Crippen LogP contribution in [0.4, 0.5) is 10.1 Å². The number of non-ortho nitro benzene ring substituents is 1. The second kappa shape index (κ2) is 6.07. The number of rotatable bonds is 4. The molecule has 0 aliphatic carbocycles. The van der Waals surface area contributed by atoms with Crippen molar-refractivity contribution in [2.24, 2.45) is 0 Å². The highest BCUT2D eigenvalue weighted by atomic mass is 35.5. The van der Waals surface area contributed by atoms with Gasteiger partial charge in [-0.3, -0.25) is 10.1 Å². The highest BCUT2D eigenvalue weighted by Crippen LogP contribution is 2.32. The largest absolute Gasteiger partial charge is 0.377 e. The molecule has 2 aromatic rings. The monoisotopic (exact) mass is 365 g/mol. The van der Waals surface area contributed by atoms with Crippen LogP contribution in [0.2, 0.25) is 10.0 Å². The zero-order valence-corrected chi connectivity index (χ0v) is 12.8. The van der Waals surface area contributed by atoms with E-state index >= 15 is 0 Å². The summed E-state index contributed by atoms with van der Waals surface area (Å²) in [6.07, 6.45) is 0. The standard InChI is InChI=1S/C12H6Cl2FNO5S/c13-9-3-1-7(15)5-12(9)22(19,20)21-11-4-2-8(16(17)18)6-10(11)14/h1-6H. The molecule has 116 valence electrons. The quantitative estimate of drug-likeness (QED) is 0.467. The summed E-state index contributed by atoms with van der Waals surface area (Å²) in [6.45, 7) is 0. The van der Waals surface area contributed by atoms with Crippen LogP contribution in [-0.4, -0.2) is 13.3 Å². The maximum atomic E-state index is 13.2. The predicted octanol–water partition coefficient (Wildman–Crippen LogP) is 3.81. The van der Waals surface area contributed by atoms with E-state index in [2.05, 4.69) is 0 Å². The summed E-state index contributed by atoms with van der Waals surface area (Å²) in [5.74, 6) is -1.16. The molecule has 0 saturated heterocycles. The SMILES string of the molecule is O=[N+]([O-])c1ccc(OS(=O)(=O)c2cc(F)ccc2Cl)c(Cl)c1. The van der Waals surface area contributed by atoms with Gasteiger partial charge in [-0.15, -0.1) is 0 Å². The molecule has 0 aliphatic heterocycles. The molecule has 2 aromatic carbocycles. The second-order valence-corrected chi connectivity index (χ2v) is 6.31. The molecule has 0 spiro atoms. The Bertz CT molecular complexity index is 857. The molecule has 22 heavy (non-hydrogen) atoms. The van der Waals surface area contributed by atoms with Crippen LogP contribution in [0.1, 0.15) is 0 Å². The molecular formula is C12H6Cl2FNO5S. The molecule has 0 fully saturated rings. The van der Waals surface area contributed by atoms with Crippen LogP contribution in [0, 0.1) is 15.9 Å². The highest BCUT2D eigenvalue weighted by molar-refractivity contribution is 7.87. The van der Waals surface area contributed by atoms with Crippen LogP contribution >= 0.6 is 23.2 Å². The van der Waals surface area contributed by atoms with Crippen molar-refractivity contribution in [3.8, 4) is 5.75 Å². The van der Waals surface area contributed by atoms with Gasteiger partial charge in [0.25, 0.3) is 5.69 Å². The fourth-order valence-electron chi connectivity index (χ4n) is 1.50. The minimum absolute atomic E-state index is 0.237. The van der Waals surface area contributed by atoms with Gasteiger partial charge in [0.05, 0.1) is 15.0 Å². The van der Waals surface area contributed by atoms with E-state index in [1.807, 2.05) is 0 Å². The Morgan fingerprint density at radius 2 is 1.77 bits per heavy atom. The summed E-state index contributed by atoms with van der Waals surface area (Å²) in [5.41, 5.74) is -0.335. The van der Waals surface area contributed by atoms with Gasteiger partial charge in [0.15, 0.2) is 5.75 Å². The molecule has 0 aliphatic rings. The fourth-order valence-corrected chi connectivity index (χ4v) is 3.20. The average Bonchev–Trinajstić information content (AvgIpc) is 2.43. The number of nitro groups is 1. The van der Waals surface area contributed by atoms with Gasteiger partial charge in [0, 0.05) is 12.1 Å². The van der Waals surface area contributed by atoms with Crippen molar-refractivity contribution >= 4 is 39.0 Å². The molecule has 0 amide bonds. The molecule has 0 saturated carbocycles. The van der Waals surface area contributed by atoms with Crippen LogP contribution in [0.5, 0.6) is 5.75 Å². The smallest absolute Gasteiger partial charge is 0.340 e. The first-order valence-corrected chi connectivity index (χ1v) is 7.70. The number of benzene rings is 2. The van der Waals surface area contributed by atoms with E-state index < -0.39 is 25.8 Å². The maximum absolute atomic E-state index is 13.2. The molecule has 0 heterocycles. The third-order valence-electron chi connectivity index (χ3n) is 2.49. The minimum Gasteiger partial charge on any atom is -0.377 e. The van der Waals surface area contributed by atoms with E-state index in [0.29, 0.717) is 6.07 Å². The van der Waals surface area contributed by atoms with Gasteiger partial charge in [0.1, 0.15) is 10.7 Å². The molecule has 6 nitrogen and oxygen atoms in total. The Hall–Kier alpha value is -1.90. The summed E-state index contributed by atoms with van der Waals surface area (Å²) >= 11 is 11.4. The van der Waals surface area contributed by atoms with E-state index in [9.17, 15) is 22.9 Å². The first kappa shape index (κ1) is 16.5. The van der Waals surface area contributed by atoms with E-state index in [-0.39, 0.29) is 21.5 Å². The third-order valence-corrected chi connectivity index (χ3v) is 4.50. The Morgan fingerprint density at radius 1 is 1.09 bits per heavy atom. The van der Waals surface area contributed by atoms with E-state index in [4.69, 9.17) is 27.4 Å². The topological polar surface area (TPSA) is 86.5 Å². The summed E-state index contributed by atoms with van der Waals surface area (Å²) in [4.78, 5) is 9.30.